The van der Waals surface area contributed by atoms with E-state index >= 15 is 0 Å². The van der Waals surface area contributed by atoms with Gasteiger partial charge in [0.25, 0.3) is 5.89 Å². The van der Waals surface area contributed by atoms with Gasteiger partial charge in [-0.25, -0.2) is 0 Å². The van der Waals surface area contributed by atoms with Crippen molar-refractivity contribution in [3.63, 3.8) is 0 Å². The topological polar surface area (TPSA) is 74.5 Å². The Kier molecular flexibility index (Phi) is 5.63. The average Bonchev–Trinajstić information content (AvgIpc) is 3.13. The van der Waals surface area contributed by atoms with Gasteiger partial charge in [0.2, 0.25) is 5.89 Å². The first kappa shape index (κ1) is 17.7. The molecule has 134 valence electrons. The number of ether oxygens (including phenoxy) is 2. The number of carbonyl (C=O) groups excluding carboxylic acids is 1. The van der Waals surface area contributed by atoms with Gasteiger partial charge in [-0.1, -0.05) is 30.3 Å². The summed E-state index contributed by atoms with van der Waals surface area (Å²) in [6, 6.07) is 15.4. The molecule has 3 aromatic rings. The number of aromatic nitrogens is 2. The van der Waals surface area contributed by atoms with E-state index in [-0.39, 0.29) is 31.5 Å². The SMILES string of the molecule is Cc1ccc(C)c(OCCC(=O)OCc2nnc(-c3ccccc3)o2)c1. The van der Waals surface area contributed by atoms with E-state index in [1.165, 1.54) is 0 Å². The molecule has 6 nitrogen and oxygen atoms in total. The molecular weight excluding hydrogens is 332 g/mol. The third-order valence-corrected chi connectivity index (χ3v) is 3.75. The molecule has 0 N–H and O–H groups in total. The first-order chi connectivity index (χ1) is 12.6. The molecule has 0 spiro atoms. The molecule has 0 bridgehead atoms. The molecule has 0 aliphatic carbocycles. The van der Waals surface area contributed by atoms with Crippen LogP contribution in [0.15, 0.2) is 52.9 Å². The van der Waals surface area contributed by atoms with E-state index in [0.717, 1.165) is 22.4 Å². The summed E-state index contributed by atoms with van der Waals surface area (Å²) in [5, 5.41) is 7.84. The van der Waals surface area contributed by atoms with Crippen LogP contribution in [0.4, 0.5) is 0 Å². The van der Waals surface area contributed by atoms with Crippen molar-refractivity contribution in [3.05, 3.63) is 65.5 Å². The lowest BCUT2D eigenvalue weighted by molar-refractivity contribution is -0.146. The number of carbonyl (C=O) groups is 1. The van der Waals surface area contributed by atoms with E-state index in [1.54, 1.807) is 0 Å². The van der Waals surface area contributed by atoms with Crippen LogP contribution in [0.3, 0.4) is 0 Å². The number of hydrogen-bond donors (Lipinski definition) is 0. The smallest absolute Gasteiger partial charge is 0.309 e. The van der Waals surface area contributed by atoms with Crippen LogP contribution < -0.4 is 4.74 Å². The first-order valence-corrected chi connectivity index (χ1v) is 8.35. The summed E-state index contributed by atoms with van der Waals surface area (Å²) in [5.74, 6) is 1.06. The molecule has 0 amide bonds. The number of nitrogens with zero attached hydrogens (tertiary/aromatic N) is 2. The van der Waals surface area contributed by atoms with Crippen molar-refractivity contribution in [2.45, 2.75) is 26.9 Å². The van der Waals surface area contributed by atoms with E-state index < -0.39 is 0 Å². The van der Waals surface area contributed by atoms with Gasteiger partial charge in [-0.3, -0.25) is 4.79 Å². The second-order valence-corrected chi connectivity index (χ2v) is 5.90. The largest absolute Gasteiger partial charge is 0.493 e. The number of aryl methyl sites for hydroxylation is 2. The number of rotatable bonds is 7. The van der Waals surface area contributed by atoms with Gasteiger partial charge in [0.05, 0.1) is 13.0 Å². The molecule has 0 aliphatic rings. The van der Waals surface area contributed by atoms with Crippen molar-refractivity contribution < 1.29 is 18.7 Å². The normalized spacial score (nSPS) is 10.5. The fraction of sp³-hybridized carbons (Fsp3) is 0.250. The molecule has 3 rings (SSSR count). The third-order valence-electron chi connectivity index (χ3n) is 3.75. The molecule has 0 saturated carbocycles. The summed E-state index contributed by atoms with van der Waals surface area (Å²) in [7, 11) is 0. The minimum Gasteiger partial charge on any atom is -0.493 e. The Bertz CT molecular complexity index is 875. The van der Waals surface area contributed by atoms with Gasteiger partial charge < -0.3 is 13.9 Å². The summed E-state index contributed by atoms with van der Waals surface area (Å²) in [6.45, 7) is 4.16. The summed E-state index contributed by atoms with van der Waals surface area (Å²) < 4.78 is 16.3. The van der Waals surface area contributed by atoms with Crippen LogP contribution in [-0.4, -0.2) is 22.8 Å². The van der Waals surface area contributed by atoms with Crippen LogP contribution in [0.2, 0.25) is 0 Å². The van der Waals surface area contributed by atoms with Crippen LogP contribution >= 0.6 is 0 Å². The summed E-state index contributed by atoms with van der Waals surface area (Å²) in [4.78, 5) is 11.8. The molecule has 0 atom stereocenters. The van der Waals surface area contributed by atoms with Crippen LogP contribution in [0.1, 0.15) is 23.4 Å². The van der Waals surface area contributed by atoms with Crippen molar-refractivity contribution in [2.75, 3.05) is 6.61 Å². The van der Waals surface area contributed by atoms with Crippen molar-refractivity contribution in [1.29, 1.82) is 0 Å². The minimum absolute atomic E-state index is 0.0534. The average molecular weight is 352 g/mol. The van der Waals surface area contributed by atoms with Crippen molar-refractivity contribution >= 4 is 5.97 Å². The Balaban J connectivity index is 1.44. The van der Waals surface area contributed by atoms with Crippen LogP contribution in [0, 0.1) is 13.8 Å². The Hall–Kier alpha value is -3.15. The fourth-order valence-electron chi connectivity index (χ4n) is 2.33. The highest BCUT2D eigenvalue weighted by Crippen LogP contribution is 2.19. The highest BCUT2D eigenvalue weighted by atomic mass is 16.5. The van der Waals surface area contributed by atoms with E-state index in [9.17, 15) is 4.79 Å². The molecule has 0 fully saturated rings. The number of hydrogen-bond acceptors (Lipinski definition) is 6. The lowest BCUT2D eigenvalue weighted by Gasteiger charge is -2.09. The molecular formula is C20H20N2O4. The molecule has 0 unspecified atom stereocenters. The van der Waals surface area contributed by atoms with Gasteiger partial charge in [-0.2, -0.15) is 0 Å². The van der Waals surface area contributed by atoms with Crippen molar-refractivity contribution in [3.8, 4) is 17.2 Å². The predicted octanol–water partition coefficient (Wildman–Crippen LogP) is 3.87. The van der Waals surface area contributed by atoms with Crippen molar-refractivity contribution in [2.24, 2.45) is 0 Å². The fourth-order valence-corrected chi connectivity index (χ4v) is 2.33. The molecule has 0 aliphatic heterocycles. The molecule has 0 saturated heterocycles. The Morgan fingerprint density at radius 1 is 1.08 bits per heavy atom. The third kappa shape index (κ3) is 4.69. The maximum Gasteiger partial charge on any atom is 0.309 e. The molecule has 1 heterocycles. The van der Waals surface area contributed by atoms with E-state index in [0.29, 0.717) is 5.89 Å². The quantitative estimate of drug-likeness (QED) is 0.601. The highest BCUT2D eigenvalue weighted by molar-refractivity contribution is 5.69. The van der Waals surface area contributed by atoms with Crippen LogP contribution in [-0.2, 0) is 16.1 Å². The molecule has 1 aromatic heterocycles. The van der Waals surface area contributed by atoms with Crippen LogP contribution in [0.25, 0.3) is 11.5 Å². The Morgan fingerprint density at radius 2 is 1.88 bits per heavy atom. The lowest BCUT2D eigenvalue weighted by atomic mass is 10.1. The second kappa shape index (κ2) is 8.29. The standard InChI is InChI=1S/C20H20N2O4/c1-14-8-9-15(2)17(12-14)24-11-10-19(23)25-13-18-21-22-20(26-18)16-6-4-3-5-7-16/h3-9,12H,10-11,13H2,1-2H3. The van der Waals surface area contributed by atoms with Gasteiger partial charge in [-0.05, 0) is 43.2 Å². The zero-order chi connectivity index (χ0) is 18.4. The molecule has 2 aromatic carbocycles. The van der Waals surface area contributed by atoms with E-state index in [4.69, 9.17) is 13.9 Å². The van der Waals surface area contributed by atoms with Crippen LogP contribution in [0.5, 0.6) is 5.75 Å². The highest BCUT2D eigenvalue weighted by Gasteiger charge is 2.11. The Morgan fingerprint density at radius 3 is 2.69 bits per heavy atom. The van der Waals surface area contributed by atoms with Gasteiger partial charge in [0, 0.05) is 5.56 Å². The second-order valence-electron chi connectivity index (χ2n) is 5.90. The zero-order valence-corrected chi connectivity index (χ0v) is 14.8. The molecule has 6 heteroatoms. The summed E-state index contributed by atoms with van der Waals surface area (Å²) >= 11 is 0. The Labute approximate surface area is 151 Å². The van der Waals surface area contributed by atoms with E-state index in [2.05, 4.69) is 10.2 Å². The van der Waals surface area contributed by atoms with E-state index in [1.807, 2.05) is 62.4 Å². The summed E-state index contributed by atoms with van der Waals surface area (Å²) in [6.07, 6.45) is 0.146. The van der Waals surface area contributed by atoms with Gasteiger partial charge in [0.1, 0.15) is 5.75 Å². The van der Waals surface area contributed by atoms with Gasteiger partial charge >= 0.3 is 5.97 Å². The maximum absolute atomic E-state index is 11.8. The predicted molar refractivity (Wildman–Crippen MR) is 95.6 cm³/mol. The lowest BCUT2D eigenvalue weighted by Crippen LogP contribution is -2.10. The minimum atomic E-state index is -0.380. The number of benzene rings is 2. The maximum atomic E-state index is 11.8. The number of esters is 1. The summed E-state index contributed by atoms with van der Waals surface area (Å²) in [5.41, 5.74) is 2.96. The van der Waals surface area contributed by atoms with Gasteiger partial charge in [0.15, 0.2) is 6.61 Å². The first-order valence-electron chi connectivity index (χ1n) is 8.35. The van der Waals surface area contributed by atoms with Crippen molar-refractivity contribution in [1.82, 2.24) is 10.2 Å². The monoisotopic (exact) mass is 352 g/mol. The zero-order valence-electron chi connectivity index (χ0n) is 14.8. The molecule has 26 heavy (non-hydrogen) atoms. The molecule has 0 radical (unpaired) electrons. The van der Waals surface area contributed by atoms with Gasteiger partial charge in [-0.15, -0.1) is 10.2 Å².